The molecule has 2 atom stereocenters. The van der Waals surface area contributed by atoms with Gasteiger partial charge in [-0.05, 0) is 80.3 Å². The predicted molar refractivity (Wildman–Crippen MR) is 163 cm³/mol. The Morgan fingerprint density at radius 1 is 0.976 bits per heavy atom. The minimum Gasteiger partial charge on any atom is -0.497 e. The minimum atomic E-state index is -4.16. The quantitative estimate of drug-likeness (QED) is 0.277. The van der Waals surface area contributed by atoms with Crippen LogP contribution >= 0.6 is 11.6 Å². The van der Waals surface area contributed by atoms with Gasteiger partial charge in [0, 0.05) is 17.6 Å². The predicted octanol–water partition coefficient (Wildman–Crippen LogP) is 5.57. The summed E-state index contributed by atoms with van der Waals surface area (Å²) in [4.78, 5) is 29.1. The fraction of sp³-hybridized carbons (Fsp3) is 0.355. The number of ether oxygens (including phenoxy) is 1. The zero-order valence-electron chi connectivity index (χ0n) is 24.1. The van der Waals surface area contributed by atoms with Gasteiger partial charge in [-0.1, -0.05) is 55.8 Å². The highest BCUT2D eigenvalue weighted by atomic mass is 35.5. The Kier molecular flexibility index (Phi) is 11.2. The summed E-state index contributed by atoms with van der Waals surface area (Å²) in [6.45, 7) is 7.00. The number of nitrogens with zero attached hydrogens (tertiary/aromatic N) is 2. The number of hydrogen-bond acceptors (Lipinski definition) is 5. The van der Waals surface area contributed by atoms with Crippen molar-refractivity contribution >= 4 is 39.1 Å². The van der Waals surface area contributed by atoms with Crippen LogP contribution in [0.3, 0.4) is 0 Å². The van der Waals surface area contributed by atoms with Crippen LogP contribution in [0.5, 0.6) is 5.75 Å². The maximum absolute atomic E-state index is 14.2. The number of methoxy groups -OCH3 is 1. The summed E-state index contributed by atoms with van der Waals surface area (Å²) in [6.07, 6.45) is 1.06. The van der Waals surface area contributed by atoms with E-state index in [0.29, 0.717) is 28.4 Å². The van der Waals surface area contributed by atoms with Crippen LogP contribution in [0, 0.1) is 6.92 Å². The van der Waals surface area contributed by atoms with E-state index in [1.807, 2.05) is 26.8 Å². The summed E-state index contributed by atoms with van der Waals surface area (Å²) in [5.74, 6) is -0.205. The first kappa shape index (κ1) is 32.0. The molecule has 0 fully saturated rings. The Hall–Kier alpha value is -3.56. The molecule has 0 spiro atoms. The van der Waals surface area contributed by atoms with E-state index in [-0.39, 0.29) is 23.4 Å². The van der Waals surface area contributed by atoms with E-state index in [1.165, 1.54) is 17.0 Å². The molecule has 3 rings (SSSR count). The molecule has 41 heavy (non-hydrogen) atoms. The number of benzene rings is 3. The van der Waals surface area contributed by atoms with Gasteiger partial charge in [0.2, 0.25) is 11.8 Å². The highest BCUT2D eigenvalue weighted by Crippen LogP contribution is 2.29. The number of hydrogen-bond donors (Lipinski definition) is 1. The topological polar surface area (TPSA) is 96.0 Å². The molecule has 1 N–H and O–H groups in total. The van der Waals surface area contributed by atoms with Crippen LogP contribution in [0.25, 0.3) is 0 Å². The Balaban J connectivity index is 2.09. The van der Waals surface area contributed by atoms with E-state index >= 15 is 0 Å². The highest BCUT2D eigenvalue weighted by Gasteiger charge is 2.34. The van der Waals surface area contributed by atoms with E-state index in [1.54, 1.807) is 68.6 Å². The van der Waals surface area contributed by atoms with E-state index < -0.39 is 28.5 Å². The summed E-state index contributed by atoms with van der Waals surface area (Å²) in [5, 5.41) is 3.42. The summed E-state index contributed by atoms with van der Waals surface area (Å²) in [7, 11) is -2.60. The van der Waals surface area contributed by atoms with Crippen LogP contribution in [-0.2, 0) is 26.2 Å². The second-order valence-corrected chi connectivity index (χ2v) is 12.2. The van der Waals surface area contributed by atoms with Crippen molar-refractivity contribution in [1.29, 1.82) is 0 Å². The molecule has 0 aliphatic carbocycles. The minimum absolute atomic E-state index is 0.0445. The maximum atomic E-state index is 14.2. The van der Waals surface area contributed by atoms with Crippen LogP contribution < -0.4 is 14.4 Å². The molecule has 2 amide bonds. The van der Waals surface area contributed by atoms with Gasteiger partial charge in [0.25, 0.3) is 10.0 Å². The van der Waals surface area contributed by atoms with Gasteiger partial charge in [0.1, 0.15) is 18.3 Å². The molecule has 220 valence electrons. The summed E-state index contributed by atoms with van der Waals surface area (Å²) in [6, 6.07) is 19.1. The van der Waals surface area contributed by atoms with Crippen LogP contribution in [0.15, 0.2) is 77.7 Å². The van der Waals surface area contributed by atoms with Crippen molar-refractivity contribution in [3.8, 4) is 5.75 Å². The van der Waals surface area contributed by atoms with Crippen LogP contribution in [-0.4, -0.2) is 50.9 Å². The van der Waals surface area contributed by atoms with E-state index in [2.05, 4.69) is 5.32 Å². The van der Waals surface area contributed by atoms with Crippen molar-refractivity contribution in [2.24, 2.45) is 0 Å². The highest BCUT2D eigenvalue weighted by molar-refractivity contribution is 7.92. The molecular weight excluding hydrogens is 562 g/mol. The summed E-state index contributed by atoms with van der Waals surface area (Å²) >= 11 is 6.17. The SMILES string of the molecule is CC[C@@H](C)NC(=O)[C@H](CC)N(Cc1cccc(OC)c1)C(=O)CN(c1ccc(Cl)cc1C)S(=O)(=O)c1ccccc1. The lowest BCUT2D eigenvalue weighted by molar-refractivity contribution is -0.140. The number of anilines is 1. The number of aryl methyl sites for hydroxylation is 1. The van der Waals surface area contributed by atoms with Crippen molar-refractivity contribution in [1.82, 2.24) is 10.2 Å². The number of nitrogens with one attached hydrogen (secondary N) is 1. The number of sulfonamides is 1. The van der Waals surface area contributed by atoms with Crippen molar-refractivity contribution in [3.05, 3.63) is 88.9 Å². The van der Waals surface area contributed by atoms with E-state index in [4.69, 9.17) is 16.3 Å². The monoisotopic (exact) mass is 599 g/mol. The summed E-state index contributed by atoms with van der Waals surface area (Å²) in [5.41, 5.74) is 1.66. The molecule has 10 heteroatoms. The van der Waals surface area contributed by atoms with Gasteiger partial charge < -0.3 is 15.0 Å². The molecule has 8 nitrogen and oxygen atoms in total. The fourth-order valence-corrected chi connectivity index (χ4v) is 6.19. The summed E-state index contributed by atoms with van der Waals surface area (Å²) < 4.78 is 34.4. The van der Waals surface area contributed by atoms with Gasteiger partial charge in [-0.15, -0.1) is 0 Å². The third-order valence-corrected chi connectivity index (χ3v) is 8.92. The Bertz CT molecular complexity index is 1450. The molecule has 3 aromatic rings. The smallest absolute Gasteiger partial charge is 0.264 e. The molecular formula is C31H38ClN3O5S. The first-order chi connectivity index (χ1) is 19.5. The van der Waals surface area contributed by atoms with Gasteiger partial charge in [0.15, 0.2) is 0 Å². The van der Waals surface area contributed by atoms with Crippen molar-refractivity contribution in [2.45, 2.75) is 64.1 Å². The van der Waals surface area contributed by atoms with Gasteiger partial charge in [-0.3, -0.25) is 13.9 Å². The van der Waals surface area contributed by atoms with Crippen molar-refractivity contribution in [2.75, 3.05) is 18.0 Å². The van der Waals surface area contributed by atoms with Crippen LogP contribution in [0.1, 0.15) is 44.7 Å². The second kappa shape index (κ2) is 14.4. The number of carbonyl (C=O) groups excluding carboxylic acids is 2. The molecule has 0 aromatic heterocycles. The average molecular weight is 600 g/mol. The third kappa shape index (κ3) is 8.01. The number of amides is 2. The zero-order chi connectivity index (χ0) is 30.2. The lowest BCUT2D eigenvalue weighted by Gasteiger charge is -2.34. The molecule has 0 bridgehead atoms. The first-order valence-electron chi connectivity index (χ1n) is 13.6. The molecule has 0 unspecified atom stereocenters. The van der Waals surface area contributed by atoms with E-state index in [0.717, 1.165) is 16.3 Å². The normalized spacial score (nSPS) is 12.7. The standard InChI is InChI=1S/C31H38ClN3O5S/c1-6-23(4)33-31(37)28(7-2)34(20-24-12-11-13-26(19-24)40-5)30(36)21-35(29-17-16-25(32)18-22(29)3)41(38,39)27-14-9-8-10-15-27/h8-19,23,28H,6-7,20-21H2,1-5H3,(H,33,37)/t23-,28+/m1/s1. The van der Waals surface area contributed by atoms with Gasteiger partial charge in [0.05, 0.1) is 17.7 Å². The van der Waals surface area contributed by atoms with Crippen LogP contribution in [0.2, 0.25) is 5.02 Å². The molecule has 0 saturated heterocycles. The number of rotatable bonds is 13. The average Bonchev–Trinajstić information content (AvgIpc) is 2.96. The fourth-order valence-electron chi connectivity index (χ4n) is 4.46. The first-order valence-corrected chi connectivity index (χ1v) is 15.4. The lowest BCUT2D eigenvalue weighted by atomic mass is 10.1. The van der Waals surface area contributed by atoms with Gasteiger partial charge in [-0.25, -0.2) is 8.42 Å². The van der Waals surface area contributed by atoms with E-state index in [9.17, 15) is 18.0 Å². The maximum Gasteiger partial charge on any atom is 0.264 e. The molecule has 0 heterocycles. The molecule has 0 saturated carbocycles. The Labute approximate surface area is 248 Å². The third-order valence-electron chi connectivity index (χ3n) is 6.91. The van der Waals surface area contributed by atoms with Crippen molar-refractivity contribution < 1.29 is 22.7 Å². The molecule has 3 aromatic carbocycles. The van der Waals surface area contributed by atoms with Crippen LogP contribution in [0.4, 0.5) is 5.69 Å². The van der Waals surface area contributed by atoms with Crippen molar-refractivity contribution in [3.63, 3.8) is 0 Å². The molecule has 0 aliphatic heterocycles. The largest absolute Gasteiger partial charge is 0.497 e. The molecule has 0 radical (unpaired) electrons. The Morgan fingerprint density at radius 2 is 1.68 bits per heavy atom. The zero-order valence-corrected chi connectivity index (χ0v) is 25.7. The molecule has 0 aliphatic rings. The number of halogens is 1. The van der Waals surface area contributed by atoms with Gasteiger partial charge in [-0.2, -0.15) is 0 Å². The lowest BCUT2D eigenvalue weighted by Crippen LogP contribution is -2.53. The van der Waals surface area contributed by atoms with Gasteiger partial charge >= 0.3 is 0 Å². The second-order valence-electron chi connectivity index (χ2n) is 9.87. The Morgan fingerprint density at radius 3 is 2.29 bits per heavy atom. The number of carbonyl (C=O) groups is 2.